The molecular weight excluding hydrogens is 562 g/mol. The Morgan fingerprint density at radius 3 is 2.14 bits per heavy atom. The maximum absolute atomic E-state index is 13.4. The molecule has 0 radical (unpaired) electrons. The first kappa shape index (κ1) is 30.9. The second-order valence-electron chi connectivity index (χ2n) is 9.57. The summed E-state index contributed by atoms with van der Waals surface area (Å²) < 4.78 is 10.8. The van der Waals surface area contributed by atoms with Gasteiger partial charge in [-0.25, -0.2) is 0 Å². The molecule has 0 aromatic heterocycles. The van der Waals surface area contributed by atoms with Crippen molar-refractivity contribution in [3.05, 3.63) is 119 Å². The lowest BCUT2D eigenvalue weighted by Gasteiger charge is -2.13. The Labute approximate surface area is 255 Å². The van der Waals surface area contributed by atoms with Crippen LogP contribution in [-0.4, -0.2) is 37.7 Å². The number of para-hydroxylation sites is 1. The van der Waals surface area contributed by atoms with E-state index >= 15 is 0 Å². The van der Waals surface area contributed by atoms with Crippen LogP contribution in [0.1, 0.15) is 27.0 Å². The number of aryl methyl sites for hydroxylation is 2. The van der Waals surface area contributed by atoms with E-state index in [-0.39, 0.29) is 17.4 Å². The molecule has 4 aromatic carbocycles. The number of hydrogen-bond acceptors (Lipinski definition) is 6. The van der Waals surface area contributed by atoms with Crippen LogP contribution in [0.15, 0.2) is 102 Å². The first-order valence-corrected chi connectivity index (χ1v) is 14.5. The lowest BCUT2D eigenvalue weighted by molar-refractivity contribution is -0.114. The van der Waals surface area contributed by atoms with Gasteiger partial charge in [0.25, 0.3) is 11.8 Å². The zero-order valence-electron chi connectivity index (χ0n) is 24.4. The first-order chi connectivity index (χ1) is 20.8. The number of benzene rings is 4. The summed E-state index contributed by atoms with van der Waals surface area (Å²) in [7, 11) is 3.06. The Kier molecular flexibility index (Phi) is 10.6. The average Bonchev–Trinajstić information content (AvgIpc) is 3.02. The largest absolute Gasteiger partial charge is 0.497 e. The number of thioether (sulfide) groups is 1. The molecule has 0 bridgehead atoms. The van der Waals surface area contributed by atoms with Crippen molar-refractivity contribution in [3.8, 4) is 11.5 Å². The predicted molar refractivity (Wildman–Crippen MR) is 172 cm³/mol. The minimum Gasteiger partial charge on any atom is -0.497 e. The van der Waals surface area contributed by atoms with Crippen molar-refractivity contribution in [2.24, 2.45) is 0 Å². The third kappa shape index (κ3) is 8.50. The summed E-state index contributed by atoms with van der Waals surface area (Å²) in [6, 6.07) is 26.8. The van der Waals surface area contributed by atoms with Crippen molar-refractivity contribution in [1.29, 1.82) is 0 Å². The van der Waals surface area contributed by atoms with Gasteiger partial charge in [-0.15, -0.1) is 11.8 Å². The topological polar surface area (TPSA) is 106 Å². The number of amides is 3. The van der Waals surface area contributed by atoms with Gasteiger partial charge in [-0.1, -0.05) is 36.4 Å². The van der Waals surface area contributed by atoms with Crippen LogP contribution in [0.4, 0.5) is 11.4 Å². The Hall–Kier alpha value is -5.02. The third-order valence-corrected chi connectivity index (χ3v) is 7.51. The van der Waals surface area contributed by atoms with Gasteiger partial charge < -0.3 is 25.4 Å². The van der Waals surface area contributed by atoms with E-state index in [9.17, 15) is 14.4 Å². The second kappa shape index (κ2) is 14.7. The van der Waals surface area contributed by atoms with E-state index in [2.05, 4.69) is 16.0 Å². The molecule has 220 valence electrons. The lowest BCUT2D eigenvalue weighted by atomic mass is 10.1. The van der Waals surface area contributed by atoms with Gasteiger partial charge in [0.1, 0.15) is 17.2 Å². The molecule has 0 spiro atoms. The lowest BCUT2D eigenvalue weighted by Crippen LogP contribution is -2.30. The van der Waals surface area contributed by atoms with Crippen molar-refractivity contribution in [1.82, 2.24) is 5.32 Å². The number of methoxy groups -OCH3 is 2. The maximum atomic E-state index is 13.4. The third-order valence-electron chi connectivity index (χ3n) is 6.49. The summed E-state index contributed by atoms with van der Waals surface area (Å²) in [5.74, 6) is 0.245. The maximum Gasteiger partial charge on any atom is 0.272 e. The molecule has 9 heteroatoms. The fourth-order valence-corrected chi connectivity index (χ4v) is 4.92. The fourth-order valence-electron chi connectivity index (χ4n) is 4.22. The van der Waals surface area contributed by atoms with Crippen LogP contribution in [0.5, 0.6) is 11.5 Å². The van der Waals surface area contributed by atoms with E-state index in [0.29, 0.717) is 28.3 Å². The summed E-state index contributed by atoms with van der Waals surface area (Å²) in [5.41, 5.74) is 4.34. The van der Waals surface area contributed by atoms with E-state index in [1.165, 1.54) is 24.9 Å². The molecule has 0 aliphatic carbocycles. The number of ether oxygens (including phenoxy) is 2. The van der Waals surface area contributed by atoms with Crippen LogP contribution in [0.25, 0.3) is 6.08 Å². The molecule has 0 aliphatic rings. The molecule has 0 heterocycles. The highest BCUT2D eigenvalue weighted by Gasteiger charge is 2.17. The summed E-state index contributed by atoms with van der Waals surface area (Å²) >= 11 is 1.39. The molecule has 3 N–H and O–H groups in total. The van der Waals surface area contributed by atoms with Gasteiger partial charge in [0, 0.05) is 27.4 Å². The minimum absolute atomic E-state index is 0.0158. The van der Waals surface area contributed by atoms with Gasteiger partial charge in [-0.2, -0.15) is 0 Å². The van der Waals surface area contributed by atoms with Gasteiger partial charge in [0.15, 0.2) is 0 Å². The quantitative estimate of drug-likeness (QED) is 0.136. The molecule has 8 nitrogen and oxygen atoms in total. The van der Waals surface area contributed by atoms with Crippen LogP contribution >= 0.6 is 11.8 Å². The first-order valence-electron chi connectivity index (χ1n) is 13.5. The summed E-state index contributed by atoms with van der Waals surface area (Å²) in [6.45, 7) is 3.92. The van der Waals surface area contributed by atoms with E-state index in [0.717, 1.165) is 21.7 Å². The van der Waals surface area contributed by atoms with Crippen LogP contribution in [-0.2, 0) is 9.59 Å². The Morgan fingerprint density at radius 2 is 1.49 bits per heavy atom. The van der Waals surface area contributed by atoms with Crippen molar-refractivity contribution in [2.75, 3.05) is 30.6 Å². The SMILES string of the molecule is COc1ccc(OC)c(/C=C(\NC(=O)c2ccccc2)C(=O)Nc2ccc(SCC(=O)Nc3c(C)cccc3C)cc2)c1. The number of hydrogen-bond donors (Lipinski definition) is 3. The molecular formula is C34H33N3O5S. The monoisotopic (exact) mass is 595 g/mol. The Bertz CT molecular complexity index is 1620. The van der Waals surface area contributed by atoms with Gasteiger partial charge in [-0.05, 0) is 85.6 Å². The molecule has 4 aromatic rings. The second-order valence-corrected chi connectivity index (χ2v) is 10.6. The van der Waals surface area contributed by atoms with Crippen molar-refractivity contribution in [2.45, 2.75) is 18.7 Å². The summed E-state index contributed by atoms with van der Waals surface area (Å²) in [6.07, 6.45) is 1.54. The molecule has 3 amide bonds. The normalized spacial score (nSPS) is 10.9. The molecule has 43 heavy (non-hydrogen) atoms. The van der Waals surface area contributed by atoms with E-state index in [1.807, 2.05) is 44.2 Å². The Morgan fingerprint density at radius 1 is 0.791 bits per heavy atom. The molecule has 0 saturated carbocycles. The number of nitrogens with one attached hydrogen (secondary N) is 3. The fraction of sp³-hybridized carbons (Fsp3) is 0.147. The highest BCUT2D eigenvalue weighted by atomic mass is 32.2. The van der Waals surface area contributed by atoms with Crippen molar-refractivity contribution >= 4 is 46.9 Å². The highest BCUT2D eigenvalue weighted by molar-refractivity contribution is 8.00. The van der Waals surface area contributed by atoms with Gasteiger partial charge >= 0.3 is 0 Å². The van der Waals surface area contributed by atoms with Crippen molar-refractivity contribution < 1.29 is 23.9 Å². The van der Waals surface area contributed by atoms with Crippen LogP contribution in [0, 0.1) is 13.8 Å². The number of carbonyl (C=O) groups is 3. The highest BCUT2D eigenvalue weighted by Crippen LogP contribution is 2.27. The van der Waals surface area contributed by atoms with Crippen LogP contribution in [0.2, 0.25) is 0 Å². The smallest absolute Gasteiger partial charge is 0.272 e. The zero-order valence-corrected chi connectivity index (χ0v) is 25.2. The molecule has 0 aliphatic heterocycles. The predicted octanol–water partition coefficient (Wildman–Crippen LogP) is 6.46. The van der Waals surface area contributed by atoms with Crippen molar-refractivity contribution in [3.63, 3.8) is 0 Å². The van der Waals surface area contributed by atoms with E-state index in [1.54, 1.807) is 67.8 Å². The zero-order chi connectivity index (χ0) is 30.8. The molecule has 0 atom stereocenters. The standard InChI is InChI=1S/C34H33N3O5S/c1-22-9-8-10-23(2)32(22)37-31(38)21-43-28-16-13-26(14-17-28)35-34(40)29(36-33(39)24-11-6-5-7-12-24)20-25-19-27(41-3)15-18-30(25)42-4/h5-20H,21H2,1-4H3,(H,35,40)(H,36,39)(H,37,38)/b29-20-. The number of rotatable bonds is 11. The molecule has 4 rings (SSSR count). The molecule has 0 saturated heterocycles. The Balaban J connectivity index is 1.47. The van der Waals surface area contributed by atoms with Crippen LogP contribution < -0.4 is 25.4 Å². The van der Waals surface area contributed by atoms with Crippen LogP contribution in [0.3, 0.4) is 0 Å². The van der Waals surface area contributed by atoms with Gasteiger partial charge in [-0.3, -0.25) is 14.4 Å². The van der Waals surface area contributed by atoms with Gasteiger partial charge in [0.05, 0.1) is 20.0 Å². The average molecular weight is 596 g/mol. The molecule has 0 unspecified atom stereocenters. The summed E-state index contributed by atoms with van der Waals surface area (Å²) in [5, 5.41) is 8.55. The van der Waals surface area contributed by atoms with Gasteiger partial charge in [0.2, 0.25) is 5.91 Å². The summed E-state index contributed by atoms with van der Waals surface area (Å²) in [4.78, 5) is 39.8. The minimum atomic E-state index is -0.525. The molecule has 0 fully saturated rings. The number of anilines is 2. The van der Waals surface area contributed by atoms with E-state index < -0.39 is 11.8 Å². The number of carbonyl (C=O) groups excluding carboxylic acids is 3. The van der Waals surface area contributed by atoms with E-state index in [4.69, 9.17) is 9.47 Å².